The molecule has 126 valence electrons. The van der Waals surface area contributed by atoms with Gasteiger partial charge in [-0.05, 0) is 37.5 Å². The summed E-state index contributed by atoms with van der Waals surface area (Å²) in [6.45, 7) is 5.25. The molecule has 1 N–H and O–H groups in total. The Hall–Kier alpha value is -2.04. The van der Waals surface area contributed by atoms with Gasteiger partial charge in [0.05, 0.1) is 19.1 Å². The molecule has 1 fully saturated rings. The summed E-state index contributed by atoms with van der Waals surface area (Å²) >= 11 is 0. The van der Waals surface area contributed by atoms with E-state index in [0.717, 1.165) is 17.7 Å². The molecule has 1 saturated heterocycles. The van der Waals surface area contributed by atoms with Crippen molar-refractivity contribution >= 4 is 11.8 Å². The lowest BCUT2D eigenvalue weighted by molar-refractivity contribution is -0.143. The highest BCUT2D eigenvalue weighted by molar-refractivity contribution is 5.85. The molecule has 1 aliphatic heterocycles. The number of ether oxygens (including phenoxy) is 1. The monoisotopic (exact) mass is 318 g/mol. The third-order valence-corrected chi connectivity index (χ3v) is 4.37. The minimum Gasteiger partial charge on any atom is -0.497 e. The van der Waals surface area contributed by atoms with Gasteiger partial charge in [0.2, 0.25) is 11.8 Å². The van der Waals surface area contributed by atoms with Gasteiger partial charge in [0.15, 0.2) is 0 Å². The molecular weight excluding hydrogens is 292 g/mol. The lowest BCUT2D eigenvalue weighted by atomic mass is 9.83. The van der Waals surface area contributed by atoms with Crippen LogP contribution in [-0.2, 0) is 9.59 Å². The minimum atomic E-state index is -0.229. The van der Waals surface area contributed by atoms with Crippen molar-refractivity contribution in [2.75, 3.05) is 20.2 Å². The third-order valence-electron chi connectivity index (χ3n) is 4.37. The molecule has 5 nitrogen and oxygen atoms in total. The quantitative estimate of drug-likeness (QED) is 0.877. The number of nitrogens with one attached hydrogen (secondary N) is 1. The standard InChI is InChI=1S/C18H26N2O3/c1-4-11-19-18(22)15-9-10-16(21)20(5-2)17(15)13-7-6-8-14(12-13)23-3/h6-8,12,15,17H,4-5,9-11H2,1-3H3,(H,19,22)/t15-,17+/m1/s1. The van der Waals surface area contributed by atoms with Gasteiger partial charge in [0, 0.05) is 19.5 Å². The summed E-state index contributed by atoms with van der Waals surface area (Å²) in [6.07, 6.45) is 1.92. The fourth-order valence-corrected chi connectivity index (χ4v) is 3.22. The maximum Gasteiger partial charge on any atom is 0.225 e. The zero-order chi connectivity index (χ0) is 16.8. The number of methoxy groups -OCH3 is 1. The second-order valence-corrected chi connectivity index (χ2v) is 5.84. The molecule has 1 aromatic rings. The summed E-state index contributed by atoms with van der Waals surface area (Å²) in [4.78, 5) is 26.7. The summed E-state index contributed by atoms with van der Waals surface area (Å²) in [5.41, 5.74) is 0.955. The van der Waals surface area contributed by atoms with Crippen molar-refractivity contribution in [2.45, 2.75) is 39.2 Å². The van der Waals surface area contributed by atoms with Crippen LogP contribution >= 0.6 is 0 Å². The number of rotatable bonds is 6. The Kier molecular flexibility index (Phi) is 6.02. The van der Waals surface area contributed by atoms with E-state index in [2.05, 4.69) is 5.32 Å². The average molecular weight is 318 g/mol. The highest BCUT2D eigenvalue weighted by Gasteiger charge is 2.39. The van der Waals surface area contributed by atoms with Gasteiger partial charge in [0.1, 0.15) is 5.75 Å². The zero-order valence-electron chi connectivity index (χ0n) is 14.2. The van der Waals surface area contributed by atoms with Crippen LogP contribution in [0.5, 0.6) is 5.75 Å². The minimum absolute atomic E-state index is 0.0330. The number of carbonyl (C=O) groups is 2. The van der Waals surface area contributed by atoms with E-state index in [1.165, 1.54) is 0 Å². The van der Waals surface area contributed by atoms with E-state index < -0.39 is 0 Å². The average Bonchev–Trinajstić information content (AvgIpc) is 2.59. The van der Waals surface area contributed by atoms with Crippen molar-refractivity contribution in [1.82, 2.24) is 10.2 Å². The first kappa shape index (κ1) is 17.3. The van der Waals surface area contributed by atoms with Gasteiger partial charge in [-0.25, -0.2) is 0 Å². The first-order valence-electron chi connectivity index (χ1n) is 8.33. The van der Waals surface area contributed by atoms with Crippen LogP contribution in [0, 0.1) is 5.92 Å². The SMILES string of the molecule is CCCNC(=O)[C@@H]1CCC(=O)N(CC)[C@H]1c1cccc(OC)c1. The normalized spacial score (nSPS) is 21.2. The summed E-state index contributed by atoms with van der Waals surface area (Å²) < 4.78 is 5.30. The molecule has 2 rings (SSSR count). The van der Waals surface area contributed by atoms with Gasteiger partial charge in [0.25, 0.3) is 0 Å². The third kappa shape index (κ3) is 3.84. The Balaban J connectivity index is 2.35. The molecule has 0 saturated carbocycles. The van der Waals surface area contributed by atoms with E-state index >= 15 is 0 Å². The number of nitrogens with zero attached hydrogens (tertiary/aromatic N) is 1. The van der Waals surface area contributed by atoms with Crippen LogP contribution in [0.25, 0.3) is 0 Å². The first-order chi connectivity index (χ1) is 11.1. The lowest BCUT2D eigenvalue weighted by Crippen LogP contribution is -2.48. The predicted molar refractivity (Wildman–Crippen MR) is 89.1 cm³/mol. The first-order valence-corrected chi connectivity index (χ1v) is 8.33. The molecule has 0 spiro atoms. The number of piperidine rings is 1. The second-order valence-electron chi connectivity index (χ2n) is 5.84. The highest BCUT2D eigenvalue weighted by Crippen LogP contribution is 2.37. The Bertz CT molecular complexity index is 559. The lowest BCUT2D eigenvalue weighted by Gasteiger charge is -2.40. The van der Waals surface area contributed by atoms with E-state index in [-0.39, 0.29) is 23.8 Å². The molecule has 0 radical (unpaired) electrons. The van der Waals surface area contributed by atoms with Crippen molar-refractivity contribution in [3.05, 3.63) is 29.8 Å². The summed E-state index contributed by atoms with van der Waals surface area (Å²) in [5.74, 6) is 0.668. The van der Waals surface area contributed by atoms with Crippen LogP contribution < -0.4 is 10.1 Å². The van der Waals surface area contributed by atoms with Crippen LogP contribution in [0.15, 0.2) is 24.3 Å². The van der Waals surface area contributed by atoms with Crippen LogP contribution in [0.1, 0.15) is 44.7 Å². The number of amides is 2. The molecule has 1 heterocycles. The van der Waals surface area contributed by atoms with E-state index in [9.17, 15) is 9.59 Å². The van der Waals surface area contributed by atoms with Crippen molar-refractivity contribution in [2.24, 2.45) is 5.92 Å². The molecule has 0 unspecified atom stereocenters. The van der Waals surface area contributed by atoms with Gasteiger partial charge >= 0.3 is 0 Å². The fraction of sp³-hybridized carbons (Fsp3) is 0.556. The zero-order valence-corrected chi connectivity index (χ0v) is 14.2. The predicted octanol–water partition coefficient (Wildman–Crippen LogP) is 2.52. The van der Waals surface area contributed by atoms with Gasteiger partial charge in [-0.3, -0.25) is 9.59 Å². The molecule has 0 bridgehead atoms. The molecule has 1 aliphatic rings. The smallest absolute Gasteiger partial charge is 0.225 e. The molecule has 2 atom stereocenters. The number of carbonyl (C=O) groups excluding carboxylic acids is 2. The number of likely N-dealkylation sites (tertiary alicyclic amines) is 1. The van der Waals surface area contributed by atoms with Crippen LogP contribution in [-0.4, -0.2) is 36.9 Å². The number of hydrogen-bond acceptors (Lipinski definition) is 3. The van der Waals surface area contributed by atoms with Crippen LogP contribution in [0.2, 0.25) is 0 Å². The molecule has 0 aromatic heterocycles. The van der Waals surface area contributed by atoms with Gasteiger partial charge in [-0.1, -0.05) is 19.1 Å². The Labute approximate surface area is 138 Å². The largest absolute Gasteiger partial charge is 0.497 e. The number of benzene rings is 1. The van der Waals surface area contributed by atoms with Crippen LogP contribution in [0.3, 0.4) is 0 Å². The summed E-state index contributed by atoms with van der Waals surface area (Å²) in [6, 6.07) is 7.44. The Morgan fingerprint density at radius 1 is 1.39 bits per heavy atom. The van der Waals surface area contributed by atoms with E-state index in [1.807, 2.05) is 43.0 Å². The van der Waals surface area contributed by atoms with E-state index in [0.29, 0.717) is 25.9 Å². The van der Waals surface area contributed by atoms with E-state index in [1.54, 1.807) is 7.11 Å². The van der Waals surface area contributed by atoms with E-state index in [4.69, 9.17) is 4.74 Å². The maximum atomic E-state index is 12.6. The highest BCUT2D eigenvalue weighted by atomic mass is 16.5. The van der Waals surface area contributed by atoms with Gasteiger partial charge in [-0.2, -0.15) is 0 Å². The molecule has 5 heteroatoms. The fourth-order valence-electron chi connectivity index (χ4n) is 3.22. The molecule has 2 amide bonds. The van der Waals surface area contributed by atoms with Crippen LogP contribution in [0.4, 0.5) is 0 Å². The molecule has 23 heavy (non-hydrogen) atoms. The van der Waals surface area contributed by atoms with Gasteiger partial charge < -0.3 is 15.0 Å². The van der Waals surface area contributed by atoms with Gasteiger partial charge in [-0.15, -0.1) is 0 Å². The summed E-state index contributed by atoms with van der Waals surface area (Å²) in [5, 5.41) is 2.98. The Morgan fingerprint density at radius 2 is 2.17 bits per heavy atom. The van der Waals surface area contributed by atoms with Crippen molar-refractivity contribution in [3.8, 4) is 5.75 Å². The molecular formula is C18H26N2O3. The second kappa shape index (κ2) is 7.99. The maximum absolute atomic E-state index is 12.6. The summed E-state index contributed by atoms with van der Waals surface area (Å²) in [7, 11) is 1.62. The van der Waals surface area contributed by atoms with Crippen molar-refractivity contribution in [1.29, 1.82) is 0 Å². The topological polar surface area (TPSA) is 58.6 Å². The molecule has 1 aromatic carbocycles. The van der Waals surface area contributed by atoms with Crippen molar-refractivity contribution in [3.63, 3.8) is 0 Å². The molecule has 0 aliphatic carbocycles. The number of hydrogen-bond donors (Lipinski definition) is 1. The van der Waals surface area contributed by atoms with Crippen molar-refractivity contribution < 1.29 is 14.3 Å². The Morgan fingerprint density at radius 3 is 2.83 bits per heavy atom.